The van der Waals surface area contributed by atoms with Crippen LogP contribution in [0.5, 0.6) is 0 Å². The number of thiazole rings is 1. The highest BCUT2D eigenvalue weighted by Gasteiger charge is 2.22. The van der Waals surface area contributed by atoms with Crippen LogP contribution in [-0.2, 0) is 13.0 Å². The van der Waals surface area contributed by atoms with Gasteiger partial charge < -0.3 is 0 Å². The van der Waals surface area contributed by atoms with E-state index < -0.39 is 0 Å². The highest BCUT2D eigenvalue weighted by molar-refractivity contribution is 7.22. The number of pyridine rings is 1. The maximum Gasteiger partial charge on any atom is 0.260 e. The van der Waals surface area contributed by atoms with Gasteiger partial charge in [0.25, 0.3) is 5.91 Å². The van der Waals surface area contributed by atoms with Gasteiger partial charge in [-0.1, -0.05) is 30.4 Å². The van der Waals surface area contributed by atoms with Gasteiger partial charge in [-0.15, -0.1) is 0 Å². The van der Waals surface area contributed by atoms with E-state index in [0.29, 0.717) is 17.2 Å². The molecule has 0 radical (unpaired) electrons. The maximum atomic E-state index is 13.3. The molecule has 0 atom stereocenters. The third kappa shape index (κ3) is 3.77. The molecule has 1 amide bonds. The molecule has 2 heterocycles. The summed E-state index contributed by atoms with van der Waals surface area (Å²) in [5.41, 5.74) is 3.40. The van der Waals surface area contributed by atoms with E-state index in [0.717, 1.165) is 22.2 Å². The maximum absolute atomic E-state index is 13.3. The van der Waals surface area contributed by atoms with Crippen LogP contribution in [0.3, 0.4) is 0 Å². The molecule has 6 heteroatoms. The summed E-state index contributed by atoms with van der Waals surface area (Å²) in [5.74, 6) is -0.596. The molecule has 0 N–H and O–H groups in total. The first-order valence-corrected chi connectivity index (χ1v) is 9.81. The van der Waals surface area contributed by atoms with Crippen molar-refractivity contribution < 1.29 is 9.18 Å². The highest BCUT2D eigenvalue weighted by atomic mass is 32.1. The fourth-order valence-electron chi connectivity index (χ4n) is 2.94. The molecule has 0 aliphatic carbocycles. The molecule has 2 aromatic carbocycles. The Kier molecular flexibility index (Phi) is 5.12. The van der Waals surface area contributed by atoms with Crippen molar-refractivity contribution in [1.29, 1.82) is 0 Å². The smallest absolute Gasteiger partial charge is 0.260 e. The molecule has 0 aliphatic heterocycles. The molecule has 0 saturated heterocycles. The fraction of sp³-hybridized carbons (Fsp3) is 0.136. The summed E-state index contributed by atoms with van der Waals surface area (Å²) in [7, 11) is 0. The predicted octanol–water partition coefficient (Wildman–Crippen LogP) is 5.24. The van der Waals surface area contributed by atoms with Gasteiger partial charge >= 0.3 is 0 Å². The van der Waals surface area contributed by atoms with Crippen molar-refractivity contribution in [3.63, 3.8) is 0 Å². The minimum absolute atomic E-state index is 0.223. The van der Waals surface area contributed by atoms with E-state index in [9.17, 15) is 9.18 Å². The molecule has 0 spiro atoms. The zero-order valence-electron chi connectivity index (χ0n) is 15.3. The lowest BCUT2D eigenvalue weighted by Crippen LogP contribution is -2.30. The van der Waals surface area contributed by atoms with E-state index in [1.807, 2.05) is 18.2 Å². The Hall–Kier alpha value is -3.12. The van der Waals surface area contributed by atoms with Crippen molar-refractivity contribution in [3.8, 4) is 0 Å². The number of fused-ring (bicyclic) bond motifs is 1. The summed E-state index contributed by atoms with van der Waals surface area (Å²) in [6.45, 7) is 2.44. The predicted molar refractivity (Wildman–Crippen MR) is 110 cm³/mol. The number of carbonyl (C=O) groups excluding carboxylic acids is 1. The van der Waals surface area contributed by atoms with Gasteiger partial charge in [0.1, 0.15) is 5.82 Å². The van der Waals surface area contributed by atoms with E-state index in [1.165, 1.54) is 41.2 Å². The number of halogens is 1. The number of aryl methyl sites for hydroxylation is 1. The molecule has 28 heavy (non-hydrogen) atoms. The number of hydrogen-bond acceptors (Lipinski definition) is 4. The minimum Gasteiger partial charge on any atom is -0.279 e. The Morgan fingerprint density at radius 2 is 1.93 bits per heavy atom. The number of amides is 1. The molecule has 0 aliphatic rings. The van der Waals surface area contributed by atoms with Gasteiger partial charge in [-0.25, -0.2) is 9.37 Å². The second kappa shape index (κ2) is 7.86. The van der Waals surface area contributed by atoms with Gasteiger partial charge in [-0.05, 0) is 60.0 Å². The van der Waals surface area contributed by atoms with E-state index in [2.05, 4.69) is 29.0 Å². The Morgan fingerprint density at radius 3 is 2.64 bits per heavy atom. The zero-order valence-corrected chi connectivity index (χ0v) is 16.1. The van der Waals surface area contributed by atoms with Crippen molar-refractivity contribution in [2.45, 2.75) is 19.9 Å². The van der Waals surface area contributed by atoms with Crippen LogP contribution >= 0.6 is 11.3 Å². The van der Waals surface area contributed by atoms with Gasteiger partial charge in [0.2, 0.25) is 0 Å². The Morgan fingerprint density at radius 1 is 1.11 bits per heavy atom. The van der Waals surface area contributed by atoms with Gasteiger partial charge in [0.15, 0.2) is 5.13 Å². The second-order valence-electron chi connectivity index (χ2n) is 6.41. The molecule has 140 valence electrons. The molecule has 0 fully saturated rings. The van der Waals surface area contributed by atoms with Crippen LogP contribution in [-0.4, -0.2) is 15.9 Å². The zero-order chi connectivity index (χ0) is 19.5. The third-order valence-corrected chi connectivity index (χ3v) is 5.52. The summed E-state index contributed by atoms with van der Waals surface area (Å²) in [6.07, 6.45) is 4.37. The number of nitrogens with zero attached hydrogens (tertiary/aromatic N) is 3. The quantitative estimate of drug-likeness (QED) is 0.467. The van der Waals surface area contributed by atoms with Crippen LogP contribution in [0.4, 0.5) is 9.52 Å². The second-order valence-corrected chi connectivity index (χ2v) is 7.42. The van der Waals surface area contributed by atoms with Crippen molar-refractivity contribution in [1.82, 2.24) is 9.97 Å². The summed E-state index contributed by atoms with van der Waals surface area (Å²) in [4.78, 5) is 23.6. The molecule has 4 aromatic rings. The van der Waals surface area contributed by atoms with E-state index in [4.69, 9.17) is 0 Å². The lowest BCUT2D eigenvalue weighted by atomic mass is 10.2. The largest absolute Gasteiger partial charge is 0.279 e. The number of rotatable bonds is 5. The minimum atomic E-state index is -0.373. The number of anilines is 1. The van der Waals surface area contributed by atoms with E-state index in [1.54, 1.807) is 17.3 Å². The normalized spacial score (nSPS) is 10.9. The van der Waals surface area contributed by atoms with Crippen molar-refractivity contribution >= 4 is 32.6 Å². The molecule has 0 saturated carbocycles. The summed E-state index contributed by atoms with van der Waals surface area (Å²) in [6, 6.07) is 15.5. The topological polar surface area (TPSA) is 46.1 Å². The highest BCUT2D eigenvalue weighted by Crippen LogP contribution is 2.31. The van der Waals surface area contributed by atoms with Gasteiger partial charge in [0.05, 0.1) is 16.8 Å². The van der Waals surface area contributed by atoms with E-state index >= 15 is 0 Å². The molecule has 0 bridgehead atoms. The number of benzene rings is 2. The van der Waals surface area contributed by atoms with Crippen LogP contribution in [0.15, 0.2) is 67.0 Å². The molecular weight excluding hydrogens is 373 g/mol. The third-order valence-electron chi connectivity index (χ3n) is 4.48. The average molecular weight is 391 g/mol. The Balaban J connectivity index is 1.75. The first-order valence-electron chi connectivity index (χ1n) is 9.00. The first-order chi connectivity index (χ1) is 13.6. The molecular formula is C22H18FN3OS. The van der Waals surface area contributed by atoms with Crippen LogP contribution in [0, 0.1) is 5.82 Å². The van der Waals surface area contributed by atoms with Crippen LogP contribution in [0.25, 0.3) is 10.2 Å². The van der Waals surface area contributed by atoms with Gasteiger partial charge in [-0.2, -0.15) is 0 Å². The molecule has 4 rings (SSSR count). The van der Waals surface area contributed by atoms with Crippen LogP contribution in [0.2, 0.25) is 0 Å². The number of carbonyl (C=O) groups is 1. The summed E-state index contributed by atoms with van der Waals surface area (Å²) < 4.78 is 14.3. The first kappa shape index (κ1) is 18.3. The van der Waals surface area contributed by atoms with Gasteiger partial charge in [0, 0.05) is 18.0 Å². The lowest BCUT2D eigenvalue weighted by molar-refractivity contribution is 0.0985. The number of aromatic nitrogens is 2. The van der Waals surface area contributed by atoms with Crippen molar-refractivity contribution in [2.24, 2.45) is 0 Å². The number of hydrogen-bond donors (Lipinski definition) is 0. The lowest BCUT2D eigenvalue weighted by Gasteiger charge is -2.20. The summed E-state index contributed by atoms with van der Waals surface area (Å²) >= 11 is 1.48. The van der Waals surface area contributed by atoms with E-state index in [-0.39, 0.29) is 11.7 Å². The van der Waals surface area contributed by atoms with Crippen molar-refractivity contribution in [3.05, 3.63) is 89.5 Å². The monoisotopic (exact) mass is 391 g/mol. The van der Waals surface area contributed by atoms with Gasteiger partial charge in [-0.3, -0.25) is 14.7 Å². The SMILES string of the molecule is CCc1ccc2nc(N(Cc3cccnc3)C(=O)c3ccc(F)cc3)sc2c1. The average Bonchev–Trinajstić information content (AvgIpc) is 3.15. The van der Waals surface area contributed by atoms with Crippen LogP contribution in [0.1, 0.15) is 28.4 Å². The standard InChI is InChI=1S/C22H18FN3OS/c1-2-15-5-10-19-20(12-15)28-22(25-19)26(14-16-4-3-11-24-13-16)21(27)17-6-8-18(23)9-7-17/h3-13H,2,14H2,1H3. The molecule has 0 unspecified atom stereocenters. The van der Waals surface area contributed by atoms with Crippen molar-refractivity contribution in [2.75, 3.05) is 4.90 Å². The Labute approximate surface area is 166 Å². The fourth-order valence-corrected chi connectivity index (χ4v) is 3.97. The molecule has 4 nitrogen and oxygen atoms in total. The summed E-state index contributed by atoms with van der Waals surface area (Å²) in [5, 5.41) is 0.612. The Bertz CT molecular complexity index is 1110. The molecule has 2 aromatic heterocycles. The van der Waals surface area contributed by atoms with Crippen LogP contribution < -0.4 is 4.90 Å².